The van der Waals surface area contributed by atoms with Crippen LogP contribution in [0.1, 0.15) is 5.56 Å². The average molecular weight is 146 g/mol. The summed E-state index contributed by atoms with van der Waals surface area (Å²) in [4.78, 5) is 0. The van der Waals surface area contributed by atoms with Crippen molar-refractivity contribution in [3.8, 4) is 0 Å². The maximum Gasteiger partial charge on any atom is 0.0441 e. The number of benzene rings is 1. The molecule has 0 fully saturated rings. The minimum atomic E-state index is 0.868. The summed E-state index contributed by atoms with van der Waals surface area (Å²) in [5, 5.41) is 3.11. The summed E-state index contributed by atoms with van der Waals surface area (Å²) in [5.41, 5.74) is 1.28. The van der Waals surface area contributed by atoms with Gasteiger partial charge >= 0.3 is 0 Å². The van der Waals surface area contributed by atoms with E-state index in [0.717, 1.165) is 6.54 Å². The summed E-state index contributed by atoms with van der Waals surface area (Å²) in [5.74, 6) is 0. The van der Waals surface area contributed by atoms with Crippen molar-refractivity contribution >= 4 is 0 Å². The lowest BCUT2D eigenvalue weighted by atomic mass is 10.2. The van der Waals surface area contributed by atoms with Crippen LogP contribution in [0.5, 0.6) is 0 Å². The van der Waals surface area contributed by atoms with Gasteiger partial charge in [-0.25, -0.2) is 0 Å². The van der Waals surface area contributed by atoms with Crippen molar-refractivity contribution in [2.75, 3.05) is 0 Å². The molecule has 1 nitrogen and oxygen atoms in total. The molecule has 0 heterocycles. The Morgan fingerprint density at radius 2 is 2.00 bits per heavy atom. The zero-order valence-electron chi connectivity index (χ0n) is 6.46. The summed E-state index contributed by atoms with van der Waals surface area (Å²) >= 11 is 0. The molecule has 0 unspecified atom stereocenters. The summed E-state index contributed by atoms with van der Waals surface area (Å²) < 4.78 is 0. The molecule has 0 bridgehead atoms. The Bertz CT molecular complexity index is 203. The third-order valence-electron chi connectivity index (χ3n) is 1.38. The van der Waals surface area contributed by atoms with E-state index in [1.165, 1.54) is 5.56 Å². The lowest BCUT2D eigenvalue weighted by Gasteiger charge is -1.99. The fourth-order valence-electron chi connectivity index (χ4n) is 0.856. The number of nitrogens with one attached hydrogen (secondary N) is 1. The summed E-state index contributed by atoms with van der Waals surface area (Å²) in [6.07, 6.45) is 1.74. The van der Waals surface area contributed by atoms with Gasteiger partial charge in [0.1, 0.15) is 0 Å². The predicted molar refractivity (Wildman–Crippen MR) is 47.8 cm³/mol. The molecule has 0 saturated carbocycles. The first-order valence-electron chi connectivity index (χ1n) is 3.65. The van der Waals surface area contributed by atoms with Crippen LogP contribution < -0.4 is 5.32 Å². The molecule has 0 amide bonds. The van der Waals surface area contributed by atoms with E-state index in [2.05, 4.69) is 24.0 Å². The minimum Gasteiger partial charge on any atom is -0.305 e. The SMILES string of the molecule is C=C[CH]NCc1ccccc1. The molecule has 11 heavy (non-hydrogen) atoms. The van der Waals surface area contributed by atoms with Crippen LogP contribution in [0.4, 0.5) is 0 Å². The lowest BCUT2D eigenvalue weighted by Crippen LogP contribution is -2.07. The first-order chi connectivity index (χ1) is 5.43. The van der Waals surface area contributed by atoms with Crippen LogP contribution in [-0.4, -0.2) is 0 Å². The Kier molecular flexibility index (Phi) is 3.42. The van der Waals surface area contributed by atoms with E-state index in [0.29, 0.717) is 0 Å². The monoisotopic (exact) mass is 146 g/mol. The molecule has 1 aromatic rings. The van der Waals surface area contributed by atoms with Crippen LogP contribution in [-0.2, 0) is 6.54 Å². The molecule has 1 rings (SSSR count). The van der Waals surface area contributed by atoms with Crippen LogP contribution in [0.15, 0.2) is 43.0 Å². The topological polar surface area (TPSA) is 12.0 Å². The van der Waals surface area contributed by atoms with Crippen LogP contribution in [0, 0.1) is 6.54 Å². The van der Waals surface area contributed by atoms with Gasteiger partial charge in [-0.15, -0.1) is 6.58 Å². The smallest absolute Gasteiger partial charge is 0.0441 e. The highest BCUT2D eigenvalue weighted by atomic mass is 14.8. The van der Waals surface area contributed by atoms with Crippen molar-refractivity contribution in [3.63, 3.8) is 0 Å². The first-order valence-corrected chi connectivity index (χ1v) is 3.65. The Balaban J connectivity index is 2.33. The maximum atomic E-state index is 3.57. The van der Waals surface area contributed by atoms with Crippen LogP contribution in [0.25, 0.3) is 0 Å². The molecule has 0 aromatic heterocycles. The highest BCUT2D eigenvalue weighted by Gasteiger charge is 1.86. The van der Waals surface area contributed by atoms with Gasteiger partial charge in [-0.05, 0) is 5.56 Å². The highest BCUT2D eigenvalue weighted by Crippen LogP contribution is 1.96. The molecule has 57 valence electrons. The van der Waals surface area contributed by atoms with Crippen LogP contribution in [0.2, 0.25) is 0 Å². The van der Waals surface area contributed by atoms with Gasteiger partial charge in [0.05, 0.1) is 0 Å². The number of hydrogen-bond donors (Lipinski definition) is 1. The van der Waals surface area contributed by atoms with Crippen molar-refractivity contribution in [3.05, 3.63) is 55.1 Å². The Morgan fingerprint density at radius 3 is 2.64 bits per heavy atom. The number of rotatable bonds is 4. The molecule has 1 N–H and O–H groups in total. The van der Waals surface area contributed by atoms with E-state index in [1.807, 2.05) is 24.7 Å². The summed E-state index contributed by atoms with van der Waals surface area (Å²) in [6.45, 7) is 6.28. The third kappa shape index (κ3) is 3.01. The van der Waals surface area contributed by atoms with Crippen molar-refractivity contribution < 1.29 is 0 Å². The van der Waals surface area contributed by atoms with E-state index in [1.54, 1.807) is 6.08 Å². The largest absolute Gasteiger partial charge is 0.305 e. The van der Waals surface area contributed by atoms with Crippen molar-refractivity contribution in [1.29, 1.82) is 0 Å². The second kappa shape index (κ2) is 4.69. The Hall–Kier alpha value is -1.08. The van der Waals surface area contributed by atoms with Gasteiger partial charge in [0.2, 0.25) is 0 Å². The highest BCUT2D eigenvalue weighted by molar-refractivity contribution is 5.14. The molecule has 1 radical (unpaired) electrons. The molecule has 0 aliphatic heterocycles. The third-order valence-corrected chi connectivity index (χ3v) is 1.38. The Morgan fingerprint density at radius 1 is 1.27 bits per heavy atom. The van der Waals surface area contributed by atoms with Crippen LogP contribution in [0.3, 0.4) is 0 Å². The number of hydrogen-bond acceptors (Lipinski definition) is 1. The predicted octanol–water partition coefficient (Wildman–Crippen LogP) is 2.12. The van der Waals surface area contributed by atoms with Gasteiger partial charge in [0.15, 0.2) is 0 Å². The van der Waals surface area contributed by atoms with Crippen molar-refractivity contribution in [1.82, 2.24) is 5.32 Å². The van der Waals surface area contributed by atoms with Gasteiger partial charge in [-0.1, -0.05) is 36.4 Å². The van der Waals surface area contributed by atoms with E-state index in [9.17, 15) is 0 Å². The van der Waals surface area contributed by atoms with E-state index in [-0.39, 0.29) is 0 Å². The maximum absolute atomic E-state index is 3.57. The summed E-state index contributed by atoms with van der Waals surface area (Å²) in [7, 11) is 0. The van der Waals surface area contributed by atoms with Crippen LogP contribution >= 0.6 is 0 Å². The molecular weight excluding hydrogens is 134 g/mol. The zero-order chi connectivity index (χ0) is 7.94. The van der Waals surface area contributed by atoms with Gasteiger partial charge in [0, 0.05) is 13.1 Å². The molecule has 0 spiro atoms. The standard InChI is InChI=1S/C10H12N/c1-2-8-11-9-10-6-4-3-5-7-10/h2-8,11H,1,9H2. The fraction of sp³-hybridized carbons (Fsp3) is 0.100. The van der Waals surface area contributed by atoms with Gasteiger partial charge < -0.3 is 5.32 Å². The quantitative estimate of drug-likeness (QED) is 0.641. The average Bonchev–Trinajstić information content (AvgIpc) is 2.07. The molecule has 1 heteroatoms. The second-order valence-electron chi connectivity index (χ2n) is 2.27. The molecule has 1 aromatic carbocycles. The fourth-order valence-corrected chi connectivity index (χ4v) is 0.856. The molecule has 0 saturated heterocycles. The first kappa shape index (κ1) is 8.02. The molecule has 0 aliphatic carbocycles. The van der Waals surface area contributed by atoms with Gasteiger partial charge in [0.25, 0.3) is 0 Å². The van der Waals surface area contributed by atoms with Crippen molar-refractivity contribution in [2.45, 2.75) is 6.54 Å². The van der Waals surface area contributed by atoms with E-state index >= 15 is 0 Å². The zero-order valence-corrected chi connectivity index (χ0v) is 6.46. The van der Waals surface area contributed by atoms with Gasteiger partial charge in [-0.3, -0.25) is 0 Å². The molecular formula is C10H12N. The van der Waals surface area contributed by atoms with E-state index < -0.39 is 0 Å². The normalized spacial score (nSPS) is 9.45. The minimum absolute atomic E-state index is 0.868. The van der Waals surface area contributed by atoms with Gasteiger partial charge in [-0.2, -0.15) is 0 Å². The molecule has 0 atom stereocenters. The Labute approximate surface area is 67.8 Å². The second-order valence-corrected chi connectivity index (χ2v) is 2.27. The van der Waals surface area contributed by atoms with E-state index in [4.69, 9.17) is 0 Å². The molecule has 0 aliphatic rings. The lowest BCUT2D eigenvalue weighted by molar-refractivity contribution is 0.828. The van der Waals surface area contributed by atoms with Crippen molar-refractivity contribution in [2.24, 2.45) is 0 Å². The summed E-state index contributed by atoms with van der Waals surface area (Å²) in [6, 6.07) is 10.3.